The average molecular weight is 271 g/mol. The van der Waals surface area contributed by atoms with Gasteiger partial charge in [0.15, 0.2) is 0 Å². The second-order valence-electron chi connectivity index (χ2n) is 6.73. The van der Waals surface area contributed by atoms with E-state index in [0.717, 1.165) is 12.1 Å². The van der Waals surface area contributed by atoms with E-state index in [1.807, 2.05) is 0 Å². The van der Waals surface area contributed by atoms with E-state index in [-0.39, 0.29) is 16.7 Å². The number of rotatable bonds is 2. The first-order valence-corrected chi connectivity index (χ1v) is 7.22. The molecule has 0 aliphatic heterocycles. The van der Waals surface area contributed by atoms with E-state index in [9.17, 15) is 4.79 Å². The summed E-state index contributed by atoms with van der Waals surface area (Å²) in [5.41, 5.74) is 4.80. The van der Waals surface area contributed by atoms with Crippen LogP contribution in [-0.4, -0.2) is 16.6 Å². The average Bonchev–Trinajstić information content (AvgIpc) is 2.78. The Morgan fingerprint density at radius 3 is 2.80 bits per heavy atom. The number of carbonyl (C=O) groups is 1. The fourth-order valence-corrected chi connectivity index (χ4v) is 3.78. The molecule has 1 heterocycles. The largest absolute Gasteiger partial charge is 0.272 e. The van der Waals surface area contributed by atoms with Crippen molar-refractivity contribution in [1.29, 1.82) is 0 Å². The van der Waals surface area contributed by atoms with Crippen molar-refractivity contribution in [2.45, 2.75) is 40.0 Å². The number of hydrogen-bond donors (Lipinski definition) is 1. The number of carbonyl (C=O) groups excluding carboxylic acids is 1. The summed E-state index contributed by atoms with van der Waals surface area (Å²) in [5.74, 6) is 0.510. The summed E-state index contributed by atoms with van der Waals surface area (Å²) >= 11 is 0. The van der Waals surface area contributed by atoms with Crippen LogP contribution in [0.1, 0.15) is 50.4 Å². The Kier molecular flexibility index (Phi) is 2.92. The van der Waals surface area contributed by atoms with Crippen molar-refractivity contribution < 1.29 is 4.79 Å². The van der Waals surface area contributed by atoms with Crippen molar-refractivity contribution in [3.63, 3.8) is 0 Å². The minimum atomic E-state index is -0.185. The van der Waals surface area contributed by atoms with E-state index < -0.39 is 0 Å². The Hall–Kier alpha value is -1.71. The molecular weight excluding hydrogens is 250 g/mol. The molecule has 106 valence electrons. The number of fused-ring (bicyclic) bond motifs is 2. The minimum absolute atomic E-state index is 0.125. The van der Waals surface area contributed by atoms with Crippen LogP contribution in [0.2, 0.25) is 0 Å². The van der Waals surface area contributed by atoms with Crippen molar-refractivity contribution in [3.8, 4) is 0 Å². The van der Waals surface area contributed by atoms with Gasteiger partial charge in [-0.1, -0.05) is 20.8 Å². The molecule has 0 saturated heterocycles. The molecule has 2 atom stereocenters. The van der Waals surface area contributed by atoms with E-state index in [1.54, 1.807) is 24.5 Å². The molecule has 3 rings (SSSR count). The van der Waals surface area contributed by atoms with Crippen LogP contribution in [0.25, 0.3) is 0 Å². The summed E-state index contributed by atoms with van der Waals surface area (Å²) in [6, 6.07) is 3.50. The smallest absolute Gasteiger partial charge is 0.267 e. The third-order valence-corrected chi connectivity index (χ3v) is 5.73. The van der Waals surface area contributed by atoms with E-state index >= 15 is 0 Å². The summed E-state index contributed by atoms with van der Waals surface area (Å²) in [5, 5.41) is 4.44. The van der Waals surface area contributed by atoms with E-state index in [4.69, 9.17) is 0 Å². The molecule has 2 aliphatic carbocycles. The Morgan fingerprint density at radius 2 is 2.25 bits per heavy atom. The highest BCUT2D eigenvalue weighted by molar-refractivity contribution is 5.98. The lowest BCUT2D eigenvalue weighted by Gasteiger charge is -2.34. The van der Waals surface area contributed by atoms with Gasteiger partial charge in [0.25, 0.3) is 5.91 Å². The lowest BCUT2D eigenvalue weighted by molar-refractivity contribution is 0.0953. The summed E-state index contributed by atoms with van der Waals surface area (Å²) < 4.78 is 0. The Balaban J connectivity index is 1.77. The molecule has 0 aromatic carbocycles. The van der Waals surface area contributed by atoms with Crippen LogP contribution in [0.4, 0.5) is 0 Å². The molecule has 1 aromatic heterocycles. The summed E-state index contributed by atoms with van der Waals surface area (Å²) in [6.45, 7) is 6.95. The zero-order chi connectivity index (χ0) is 14.4. The molecule has 1 aromatic rings. The first kappa shape index (κ1) is 13.3. The highest BCUT2D eigenvalue weighted by atomic mass is 16.2. The third kappa shape index (κ3) is 1.78. The van der Waals surface area contributed by atoms with Crippen LogP contribution in [0.15, 0.2) is 29.6 Å². The van der Waals surface area contributed by atoms with Crippen LogP contribution in [0.5, 0.6) is 0 Å². The van der Waals surface area contributed by atoms with E-state index in [2.05, 4.69) is 36.3 Å². The van der Waals surface area contributed by atoms with Crippen molar-refractivity contribution in [2.75, 3.05) is 0 Å². The van der Waals surface area contributed by atoms with Crippen LogP contribution in [-0.2, 0) is 0 Å². The SMILES string of the molecule is CC1(C)[C@H]2CC[C@]1(C)/C(=N/NC(=O)c1cccnc1)C2. The predicted octanol–water partition coefficient (Wildman–Crippen LogP) is 3.01. The molecular formula is C16H21N3O. The number of pyridine rings is 1. The van der Waals surface area contributed by atoms with Crippen LogP contribution >= 0.6 is 0 Å². The molecule has 1 amide bonds. The molecule has 0 radical (unpaired) electrons. The third-order valence-electron chi connectivity index (χ3n) is 5.73. The van der Waals surface area contributed by atoms with Gasteiger partial charge in [0, 0.05) is 23.5 Å². The number of hydrogen-bond acceptors (Lipinski definition) is 3. The molecule has 2 bridgehead atoms. The number of amides is 1. The Bertz CT molecular complexity index is 564. The van der Waals surface area contributed by atoms with E-state index in [1.165, 1.54) is 12.8 Å². The second kappa shape index (κ2) is 4.40. The zero-order valence-electron chi connectivity index (χ0n) is 12.3. The topological polar surface area (TPSA) is 54.4 Å². The van der Waals surface area contributed by atoms with E-state index in [0.29, 0.717) is 11.5 Å². The lowest BCUT2D eigenvalue weighted by Crippen LogP contribution is -2.34. The van der Waals surface area contributed by atoms with Gasteiger partial charge >= 0.3 is 0 Å². The standard InChI is InChI=1S/C16H21N3O/c1-15(2)12-6-7-16(15,3)13(9-12)18-19-14(20)11-5-4-8-17-10-11/h4-5,8,10,12H,6-7,9H2,1-3H3,(H,19,20)/b18-13+/t12-,16+/m0/s1. The molecule has 2 saturated carbocycles. The van der Waals surface area contributed by atoms with Gasteiger partial charge in [-0.25, -0.2) is 5.43 Å². The fourth-order valence-electron chi connectivity index (χ4n) is 3.78. The Morgan fingerprint density at radius 1 is 1.45 bits per heavy atom. The molecule has 4 heteroatoms. The molecule has 0 unspecified atom stereocenters. The van der Waals surface area contributed by atoms with Gasteiger partial charge in [0.1, 0.15) is 0 Å². The predicted molar refractivity (Wildman–Crippen MR) is 78.4 cm³/mol. The molecule has 20 heavy (non-hydrogen) atoms. The van der Waals surface area contributed by atoms with Gasteiger partial charge in [0.2, 0.25) is 0 Å². The Labute approximate surface area is 119 Å². The summed E-state index contributed by atoms with van der Waals surface area (Å²) in [4.78, 5) is 16.0. The van der Waals surface area contributed by atoms with Crippen molar-refractivity contribution in [1.82, 2.24) is 10.4 Å². The number of nitrogens with one attached hydrogen (secondary N) is 1. The van der Waals surface area contributed by atoms with Crippen molar-refractivity contribution in [2.24, 2.45) is 21.8 Å². The van der Waals surface area contributed by atoms with Gasteiger partial charge in [0.05, 0.1) is 5.56 Å². The van der Waals surface area contributed by atoms with Crippen molar-refractivity contribution in [3.05, 3.63) is 30.1 Å². The monoisotopic (exact) mass is 271 g/mol. The lowest BCUT2D eigenvalue weighted by atomic mass is 9.70. The van der Waals surface area contributed by atoms with Gasteiger partial charge < -0.3 is 0 Å². The van der Waals surface area contributed by atoms with Crippen molar-refractivity contribution >= 4 is 11.6 Å². The number of aromatic nitrogens is 1. The minimum Gasteiger partial charge on any atom is -0.267 e. The van der Waals surface area contributed by atoms with Crippen LogP contribution < -0.4 is 5.43 Å². The fraction of sp³-hybridized carbons (Fsp3) is 0.562. The number of nitrogens with zero attached hydrogens (tertiary/aromatic N) is 2. The molecule has 4 nitrogen and oxygen atoms in total. The second-order valence-corrected chi connectivity index (χ2v) is 6.73. The van der Waals surface area contributed by atoms with Crippen LogP contribution in [0, 0.1) is 16.7 Å². The summed E-state index contributed by atoms with van der Waals surface area (Å²) in [6.07, 6.45) is 6.67. The van der Waals surface area contributed by atoms with Gasteiger partial charge in [-0.05, 0) is 42.7 Å². The maximum atomic E-state index is 12.0. The molecule has 2 aliphatic rings. The highest BCUT2D eigenvalue weighted by Crippen LogP contribution is 2.63. The van der Waals surface area contributed by atoms with Gasteiger partial charge in [-0.15, -0.1) is 0 Å². The maximum Gasteiger partial charge on any atom is 0.272 e. The van der Waals surface area contributed by atoms with Gasteiger partial charge in [-0.3, -0.25) is 9.78 Å². The first-order chi connectivity index (χ1) is 9.45. The first-order valence-electron chi connectivity index (χ1n) is 7.22. The van der Waals surface area contributed by atoms with Gasteiger partial charge in [-0.2, -0.15) is 5.10 Å². The summed E-state index contributed by atoms with van der Waals surface area (Å²) in [7, 11) is 0. The zero-order valence-corrected chi connectivity index (χ0v) is 12.3. The normalized spacial score (nSPS) is 32.5. The van der Waals surface area contributed by atoms with Crippen LogP contribution in [0.3, 0.4) is 0 Å². The molecule has 0 spiro atoms. The quantitative estimate of drug-likeness (QED) is 0.841. The maximum absolute atomic E-state index is 12.0. The number of hydrazone groups is 1. The highest BCUT2D eigenvalue weighted by Gasteiger charge is 2.59. The molecule has 2 fully saturated rings. The molecule has 1 N–H and O–H groups in total.